The van der Waals surface area contributed by atoms with Crippen molar-refractivity contribution < 1.29 is 46.1 Å². The molecule has 3 aromatic rings. The Bertz CT molecular complexity index is 1410. The first-order chi connectivity index (χ1) is 20.7. The average Bonchev–Trinajstić information content (AvgIpc) is 3.45. The van der Waals surface area contributed by atoms with Gasteiger partial charge in [-0.3, -0.25) is 9.69 Å². The number of nitrogens with zero attached hydrogens (tertiary/aromatic N) is 1. The predicted molar refractivity (Wildman–Crippen MR) is 146 cm³/mol. The molecule has 0 aliphatic carbocycles. The summed E-state index contributed by atoms with van der Waals surface area (Å²) in [5.41, 5.74) is 0.751. The van der Waals surface area contributed by atoms with Crippen molar-refractivity contribution in [1.29, 1.82) is 0 Å². The van der Waals surface area contributed by atoms with Crippen LogP contribution in [0.2, 0.25) is 0 Å². The molecule has 0 saturated carbocycles. The van der Waals surface area contributed by atoms with Crippen molar-refractivity contribution in [2.45, 2.75) is 50.4 Å². The Morgan fingerprint density at radius 3 is 2.19 bits per heavy atom. The SMILES string of the molecule is COC[C@@H]1CCCN1C[C@@H]1C[C@H](c2ccc(CO)cc2)O[C@H](c2ccc(NC(=O)c3c(F)c(F)c(F)c(F)c3F)cc2)O1. The molecular weight excluding hydrogens is 575 g/mol. The van der Waals surface area contributed by atoms with Gasteiger partial charge in [0.15, 0.2) is 29.6 Å². The maximum Gasteiger partial charge on any atom is 0.261 e. The molecule has 2 heterocycles. The monoisotopic (exact) mass is 606 g/mol. The second-order valence-corrected chi connectivity index (χ2v) is 10.6. The topological polar surface area (TPSA) is 80.3 Å². The number of nitrogens with one attached hydrogen (secondary N) is 1. The summed E-state index contributed by atoms with van der Waals surface area (Å²) in [5, 5.41) is 11.6. The first-order valence-electron chi connectivity index (χ1n) is 13.9. The van der Waals surface area contributed by atoms with Crippen LogP contribution in [0.5, 0.6) is 0 Å². The lowest BCUT2D eigenvalue weighted by Crippen LogP contribution is -2.42. The number of ether oxygens (including phenoxy) is 3. The van der Waals surface area contributed by atoms with Crippen LogP contribution in [-0.4, -0.2) is 54.9 Å². The van der Waals surface area contributed by atoms with E-state index in [1.807, 2.05) is 24.3 Å². The summed E-state index contributed by atoms with van der Waals surface area (Å²) < 4.78 is 86.8. The molecule has 7 nitrogen and oxygen atoms in total. The summed E-state index contributed by atoms with van der Waals surface area (Å²) in [7, 11) is 1.68. The molecule has 0 spiro atoms. The average molecular weight is 607 g/mol. The highest BCUT2D eigenvalue weighted by Gasteiger charge is 2.36. The highest BCUT2D eigenvalue weighted by atomic mass is 19.2. The molecule has 2 aliphatic rings. The number of hydrogen-bond acceptors (Lipinski definition) is 6. The van der Waals surface area contributed by atoms with Gasteiger partial charge in [-0.05, 0) is 42.6 Å². The zero-order valence-electron chi connectivity index (χ0n) is 23.3. The van der Waals surface area contributed by atoms with Crippen molar-refractivity contribution >= 4 is 11.6 Å². The molecule has 3 aromatic carbocycles. The molecule has 230 valence electrons. The molecule has 0 radical (unpaired) electrons. The third-order valence-corrected chi connectivity index (χ3v) is 7.79. The second-order valence-electron chi connectivity index (χ2n) is 10.6. The number of hydrogen-bond donors (Lipinski definition) is 2. The van der Waals surface area contributed by atoms with E-state index in [4.69, 9.17) is 14.2 Å². The first kappa shape index (κ1) is 31.0. The number of halogens is 5. The van der Waals surface area contributed by atoms with E-state index in [1.54, 1.807) is 19.2 Å². The molecular formula is C31H31F5N2O5. The zero-order valence-corrected chi connectivity index (χ0v) is 23.3. The maximum atomic E-state index is 14.1. The van der Waals surface area contributed by atoms with Gasteiger partial charge in [0.25, 0.3) is 5.91 Å². The van der Waals surface area contributed by atoms with Gasteiger partial charge in [0.05, 0.1) is 25.4 Å². The summed E-state index contributed by atoms with van der Waals surface area (Å²) in [4.78, 5) is 14.8. The third kappa shape index (κ3) is 6.73. The zero-order chi connectivity index (χ0) is 30.7. The van der Waals surface area contributed by atoms with Crippen molar-refractivity contribution in [1.82, 2.24) is 4.90 Å². The van der Waals surface area contributed by atoms with Gasteiger partial charge < -0.3 is 24.6 Å². The Balaban J connectivity index is 1.34. The molecule has 43 heavy (non-hydrogen) atoms. The van der Waals surface area contributed by atoms with E-state index >= 15 is 0 Å². The van der Waals surface area contributed by atoms with Gasteiger partial charge in [0.1, 0.15) is 5.56 Å². The van der Waals surface area contributed by atoms with E-state index in [0.717, 1.165) is 30.5 Å². The minimum Gasteiger partial charge on any atom is -0.392 e. The minimum atomic E-state index is -2.34. The third-order valence-electron chi connectivity index (χ3n) is 7.79. The van der Waals surface area contributed by atoms with Crippen molar-refractivity contribution in [2.24, 2.45) is 0 Å². The van der Waals surface area contributed by atoms with Crippen LogP contribution < -0.4 is 5.32 Å². The van der Waals surface area contributed by atoms with Crippen LogP contribution in [0.3, 0.4) is 0 Å². The summed E-state index contributed by atoms with van der Waals surface area (Å²) in [6.07, 6.45) is 1.35. The van der Waals surface area contributed by atoms with Gasteiger partial charge in [-0.25, -0.2) is 22.0 Å². The molecule has 2 N–H and O–H groups in total. The first-order valence-corrected chi connectivity index (χ1v) is 13.9. The van der Waals surface area contributed by atoms with E-state index in [-0.39, 0.29) is 30.5 Å². The lowest BCUT2D eigenvalue weighted by Gasteiger charge is -2.38. The molecule has 1 amide bonds. The summed E-state index contributed by atoms with van der Waals surface area (Å²) in [6, 6.07) is 13.7. The van der Waals surface area contributed by atoms with E-state index < -0.39 is 46.8 Å². The van der Waals surface area contributed by atoms with Crippen LogP contribution in [0, 0.1) is 29.1 Å². The van der Waals surface area contributed by atoms with E-state index in [1.165, 1.54) is 12.1 Å². The standard InChI is InChI=1S/C31H31F5N2O5/c1-41-16-21-3-2-12-38(21)14-22-13-23(18-6-4-17(15-39)5-7-18)43-31(42-22)19-8-10-20(11-9-19)37-30(40)24-25(32)27(34)29(36)28(35)26(24)33/h4-11,21-23,31,39H,2-3,12-16H2,1H3,(H,37,40)/t21-,22-,23+,31+/m0/s1. The number of methoxy groups -OCH3 is 1. The van der Waals surface area contributed by atoms with Crippen molar-refractivity contribution in [2.75, 3.05) is 32.1 Å². The number of rotatable bonds is 9. The van der Waals surface area contributed by atoms with Crippen molar-refractivity contribution in [3.8, 4) is 0 Å². The number of carbonyl (C=O) groups is 1. The molecule has 4 atom stereocenters. The van der Waals surface area contributed by atoms with E-state index in [0.29, 0.717) is 25.1 Å². The van der Waals surface area contributed by atoms with Gasteiger partial charge in [-0.2, -0.15) is 0 Å². The maximum absolute atomic E-state index is 14.1. The fraction of sp³-hybridized carbons (Fsp3) is 0.387. The number of anilines is 1. The summed E-state index contributed by atoms with van der Waals surface area (Å²) in [5.74, 6) is -12.7. The Labute approximate surface area is 245 Å². The number of benzene rings is 3. The van der Waals surface area contributed by atoms with Crippen LogP contribution in [0.1, 0.15) is 58.7 Å². The molecule has 0 bridgehead atoms. The van der Waals surface area contributed by atoms with Gasteiger partial charge >= 0.3 is 0 Å². The van der Waals surface area contributed by atoms with Crippen molar-refractivity contribution in [3.63, 3.8) is 0 Å². The van der Waals surface area contributed by atoms with Crippen LogP contribution in [0.15, 0.2) is 48.5 Å². The highest BCUT2D eigenvalue weighted by molar-refractivity contribution is 6.04. The number of likely N-dealkylation sites (tertiary alicyclic amines) is 1. The molecule has 2 fully saturated rings. The fourth-order valence-electron chi connectivity index (χ4n) is 5.53. The lowest BCUT2D eigenvalue weighted by atomic mass is 9.99. The Hall–Kier alpha value is -3.42. The van der Waals surface area contributed by atoms with Crippen molar-refractivity contribution in [3.05, 3.63) is 99.9 Å². The van der Waals surface area contributed by atoms with Crippen LogP contribution in [-0.2, 0) is 20.8 Å². The Morgan fingerprint density at radius 2 is 1.56 bits per heavy atom. The molecule has 5 rings (SSSR count). The normalized spacial score (nSPS) is 22.6. The van der Waals surface area contributed by atoms with Crippen LogP contribution in [0.25, 0.3) is 0 Å². The largest absolute Gasteiger partial charge is 0.392 e. The van der Waals surface area contributed by atoms with Crippen LogP contribution in [0.4, 0.5) is 27.6 Å². The molecule has 2 aliphatic heterocycles. The molecule has 0 aromatic heterocycles. The highest BCUT2D eigenvalue weighted by Crippen LogP contribution is 2.39. The van der Waals surface area contributed by atoms with E-state index in [2.05, 4.69) is 10.2 Å². The Kier molecular flexibility index (Phi) is 9.72. The smallest absolute Gasteiger partial charge is 0.261 e. The van der Waals surface area contributed by atoms with Gasteiger partial charge in [-0.15, -0.1) is 0 Å². The number of aliphatic hydroxyl groups excluding tert-OH is 1. The Morgan fingerprint density at radius 1 is 0.930 bits per heavy atom. The predicted octanol–water partition coefficient (Wildman–Crippen LogP) is 5.78. The van der Waals surface area contributed by atoms with Gasteiger partial charge in [0, 0.05) is 37.4 Å². The summed E-state index contributed by atoms with van der Waals surface area (Å²) >= 11 is 0. The number of amides is 1. The molecule has 0 unspecified atom stereocenters. The molecule has 12 heteroatoms. The lowest BCUT2D eigenvalue weighted by molar-refractivity contribution is -0.253. The van der Waals surface area contributed by atoms with Gasteiger partial charge in [-0.1, -0.05) is 36.4 Å². The van der Waals surface area contributed by atoms with Crippen LogP contribution >= 0.6 is 0 Å². The minimum absolute atomic E-state index is 0.0562. The molecule has 2 saturated heterocycles. The van der Waals surface area contributed by atoms with Gasteiger partial charge in [0.2, 0.25) is 5.82 Å². The number of aliphatic hydroxyl groups is 1. The number of carbonyl (C=O) groups excluding carboxylic acids is 1. The fourth-order valence-corrected chi connectivity index (χ4v) is 5.53. The quantitative estimate of drug-likeness (QED) is 0.183. The summed E-state index contributed by atoms with van der Waals surface area (Å²) in [6.45, 7) is 2.13. The second kappa shape index (κ2) is 13.5. The van der Waals surface area contributed by atoms with E-state index in [9.17, 15) is 31.9 Å².